The number of fused-ring (bicyclic) bond motifs is 5. The van der Waals surface area contributed by atoms with Gasteiger partial charge in [0.2, 0.25) is 0 Å². The molecule has 0 saturated heterocycles. The number of rotatable bonds is 8. The van der Waals surface area contributed by atoms with E-state index in [4.69, 9.17) is 11.5 Å². The van der Waals surface area contributed by atoms with Gasteiger partial charge < -0.3 is 17.2 Å². The van der Waals surface area contributed by atoms with Crippen LogP contribution in [0.15, 0.2) is 36.4 Å². The van der Waals surface area contributed by atoms with Crippen molar-refractivity contribution < 1.29 is 0 Å². The minimum absolute atomic E-state index is 0.191. The Labute approximate surface area is 307 Å². The summed E-state index contributed by atoms with van der Waals surface area (Å²) in [7, 11) is 1.50. The predicted octanol–water partition coefficient (Wildman–Crippen LogP) is 13.6. The molecule has 5 rings (SSSR count). The van der Waals surface area contributed by atoms with Gasteiger partial charge in [-0.2, -0.15) is 0 Å². The third kappa shape index (κ3) is 10.2. The normalized spacial score (nSPS) is 31.2. The van der Waals surface area contributed by atoms with E-state index < -0.39 is 0 Å². The second-order valence-electron chi connectivity index (χ2n) is 17.0. The Morgan fingerprint density at radius 3 is 1.94 bits per heavy atom. The monoisotopic (exact) mass is 680 g/mol. The number of nitrogens with two attached hydrogens (primary N) is 3. The lowest BCUT2D eigenvalue weighted by Crippen LogP contribution is -2.53. The Bertz CT molecular complexity index is 1130. The molecule has 284 valence electrons. The largest absolute Gasteiger partial charge is 0.399 e. The van der Waals surface area contributed by atoms with Gasteiger partial charge in [0.15, 0.2) is 0 Å². The van der Waals surface area contributed by atoms with E-state index in [2.05, 4.69) is 80.7 Å². The number of benzene rings is 1. The molecule has 3 nitrogen and oxygen atoms in total. The van der Waals surface area contributed by atoms with Gasteiger partial charge in [-0.25, -0.2) is 0 Å². The summed E-state index contributed by atoms with van der Waals surface area (Å²) in [5.41, 5.74) is 23.4. The van der Waals surface area contributed by atoms with Crippen LogP contribution in [0, 0.1) is 57.7 Å². The lowest BCUT2D eigenvalue weighted by atomic mass is 9.43. The number of hydrogen-bond donors (Lipinski definition) is 3. The molecule has 0 heterocycles. The highest BCUT2D eigenvalue weighted by Gasteiger charge is 2.61. The molecule has 6 N–H and O–H groups in total. The van der Waals surface area contributed by atoms with Crippen LogP contribution in [0.5, 0.6) is 0 Å². The highest BCUT2D eigenvalue weighted by molar-refractivity contribution is 5.71. The Kier molecular flexibility index (Phi) is 18.8. The molecule has 0 aromatic heterocycles. The van der Waals surface area contributed by atoms with Crippen LogP contribution in [0.25, 0.3) is 5.57 Å². The predicted molar refractivity (Wildman–Crippen MR) is 223 cm³/mol. The van der Waals surface area contributed by atoms with Crippen molar-refractivity contribution in [2.24, 2.45) is 63.4 Å². The molecule has 0 bridgehead atoms. The first-order chi connectivity index (χ1) is 23.2. The third-order valence-electron chi connectivity index (χ3n) is 13.3. The fourth-order valence-electron chi connectivity index (χ4n) is 11.1. The van der Waals surface area contributed by atoms with E-state index >= 15 is 0 Å². The molecule has 8 unspecified atom stereocenters. The maximum absolute atomic E-state index is 6.12. The number of nitrogen functional groups attached to an aromatic ring is 2. The molecule has 3 saturated carbocycles. The van der Waals surface area contributed by atoms with Crippen molar-refractivity contribution in [2.45, 2.75) is 167 Å². The first-order valence-corrected chi connectivity index (χ1v) is 20.8. The van der Waals surface area contributed by atoms with Gasteiger partial charge in [-0.1, -0.05) is 134 Å². The first-order valence-electron chi connectivity index (χ1n) is 20.8. The van der Waals surface area contributed by atoms with E-state index in [-0.39, 0.29) is 5.41 Å². The van der Waals surface area contributed by atoms with Gasteiger partial charge in [-0.05, 0) is 145 Å². The molecule has 3 heteroatoms. The van der Waals surface area contributed by atoms with Crippen molar-refractivity contribution in [3.63, 3.8) is 0 Å². The van der Waals surface area contributed by atoms with Gasteiger partial charge in [0, 0.05) is 11.4 Å². The second kappa shape index (κ2) is 20.3. The molecular weight excluding hydrogens is 595 g/mol. The Balaban J connectivity index is 0.00000122. The molecule has 3 fully saturated rings. The molecule has 4 aliphatic carbocycles. The van der Waals surface area contributed by atoms with Crippen molar-refractivity contribution >= 4 is 16.9 Å². The SMILES string of the molecule is C=C(CC1CCC2(C)C(=CCC3C2CCC2(C)C(C(C)CCCC(C)C)CCC32)C1(C)C)c1cc(N)cc(N)c1.CC.CC.CCC.CN. The molecule has 49 heavy (non-hydrogen) atoms. The zero-order chi connectivity index (χ0) is 37.7. The lowest BCUT2D eigenvalue weighted by Gasteiger charge is -2.62. The van der Waals surface area contributed by atoms with Crippen LogP contribution in [0.4, 0.5) is 11.4 Å². The standard InChI is InChI=1S/C38H60N2.C3H8.2C2H6.CH5N/c1-24(2)10-9-11-25(3)32-13-14-33-31-12-15-35-36(5,6)28(20-26(4)27-21-29(39)23-30(40)22-27)16-18-38(35,8)34(31)17-19-37(32,33)7;1-3-2;3*1-2/h15,21-25,28,31-34H,4,9-14,16-20,39-40H2,1-3,5-8H3;3H2,1-2H3;2*1-2H3;2H2,1H3. The van der Waals surface area contributed by atoms with E-state index in [1.165, 1.54) is 83.2 Å². The molecule has 1 aromatic rings. The zero-order valence-electron chi connectivity index (χ0n) is 35.3. The van der Waals surface area contributed by atoms with Gasteiger partial charge in [0.25, 0.3) is 0 Å². The van der Waals surface area contributed by atoms with Crippen LogP contribution in [0.3, 0.4) is 0 Å². The van der Waals surface area contributed by atoms with E-state index in [0.29, 0.717) is 16.7 Å². The van der Waals surface area contributed by atoms with Crippen LogP contribution >= 0.6 is 0 Å². The summed E-state index contributed by atoms with van der Waals surface area (Å²) in [5, 5.41) is 0. The smallest absolute Gasteiger partial charge is 0.0340 e. The van der Waals surface area contributed by atoms with Crippen molar-refractivity contribution in [1.82, 2.24) is 0 Å². The van der Waals surface area contributed by atoms with Crippen LogP contribution < -0.4 is 17.2 Å². The van der Waals surface area contributed by atoms with Gasteiger partial charge in [0.1, 0.15) is 0 Å². The van der Waals surface area contributed by atoms with Gasteiger partial charge in [-0.15, -0.1) is 0 Å². The molecule has 4 aliphatic rings. The van der Waals surface area contributed by atoms with Crippen LogP contribution in [-0.4, -0.2) is 7.05 Å². The minimum Gasteiger partial charge on any atom is -0.399 e. The summed E-state index contributed by atoms with van der Waals surface area (Å²) in [6.07, 6.45) is 19.1. The summed E-state index contributed by atoms with van der Waals surface area (Å²) < 4.78 is 0. The summed E-state index contributed by atoms with van der Waals surface area (Å²) in [6, 6.07) is 5.93. The highest BCUT2D eigenvalue weighted by atomic mass is 14.7. The van der Waals surface area contributed by atoms with Crippen LogP contribution in [0.2, 0.25) is 0 Å². The highest BCUT2D eigenvalue weighted by Crippen LogP contribution is 2.70. The van der Waals surface area contributed by atoms with Crippen molar-refractivity contribution in [2.75, 3.05) is 18.5 Å². The van der Waals surface area contributed by atoms with E-state index in [1.54, 1.807) is 5.57 Å². The average Bonchev–Trinajstić information content (AvgIpc) is 3.42. The number of anilines is 2. The average molecular weight is 680 g/mol. The Hall–Kier alpha value is -1.74. The van der Waals surface area contributed by atoms with Gasteiger partial charge in [0.05, 0.1) is 0 Å². The van der Waals surface area contributed by atoms with Crippen molar-refractivity contribution in [3.8, 4) is 0 Å². The number of allylic oxidation sites excluding steroid dienone is 3. The summed E-state index contributed by atoms with van der Waals surface area (Å²) in [5.74, 6) is 5.93. The van der Waals surface area contributed by atoms with E-state index in [1.807, 2.05) is 45.9 Å². The maximum atomic E-state index is 6.12. The molecule has 0 amide bonds. The topological polar surface area (TPSA) is 78.1 Å². The van der Waals surface area contributed by atoms with Crippen LogP contribution in [-0.2, 0) is 0 Å². The Morgan fingerprint density at radius 1 is 0.816 bits per heavy atom. The zero-order valence-corrected chi connectivity index (χ0v) is 35.3. The second-order valence-corrected chi connectivity index (χ2v) is 17.0. The fourth-order valence-corrected chi connectivity index (χ4v) is 11.1. The summed E-state index contributed by atoms with van der Waals surface area (Å²) >= 11 is 0. The summed E-state index contributed by atoms with van der Waals surface area (Å²) in [6.45, 7) is 34.6. The van der Waals surface area contributed by atoms with Crippen molar-refractivity contribution in [3.05, 3.63) is 42.0 Å². The van der Waals surface area contributed by atoms with Gasteiger partial charge in [-0.3, -0.25) is 0 Å². The molecule has 0 aliphatic heterocycles. The fraction of sp³-hybridized carbons (Fsp3) is 0.783. The Morgan fingerprint density at radius 2 is 1.39 bits per heavy atom. The van der Waals surface area contributed by atoms with Crippen molar-refractivity contribution in [1.29, 1.82) is 0 Å². The van der Waals surface area contributed by atoms with Crippen LogP contribution in [0.1, 0.15) is 173 Å². The quantitative estimate of drug-likeness (QED) is 0.189. The molecule has 0 spiro atoms. The third-order valence-corrected chi connectivity index (χ3v) is 13.3. The molecule has 1 aromatic carbocycles. The number of hydrogen-bond acceptors (Lipinski definition) is 3. The first kappa shape index (κ1) is 45.3. The maximum Gasteiger partial charge on any atom is 0.0340 e. The molecule has 8 atom stereocenters. The van der Waals surface area contributed by atoms with Gasteiger partial charge >= 0.3 is 0 Å². The molecule has 0 radical (unpaired) electrons. The van der Waals surface area contributed by atoms with E-state index in [0.717, 1.165) is 58.9 Å². The minimum atomic E-state index is 0.191. The molecular formula is C46H85N3. The van der Waals surface area contributed by atoms with E-state index in [9.17, 15) is 0 Å². The lowest BCUT2D eigenvalue weighted by molar-refractivity contribution is -0.0647. The summed E-state index contributed by atoms with van der Waals surface area (Å²) in [4.78, 5) is 0.